The molecule has 6 nitrogen and oxygen atoms in total. The van der Waals surface area contributed by atoms with Gasteiger partial charge in [-0.2, -0.15) is 0 Å². The Kier molecular flexibility index (Phi) is 4.53. The fourth-order valence-corrected chi connectivity index (χ4v) is 4.05. The largest absolute Gasteiger partial charge is 0.334 e. The molecule has 2 aliphatic rings. The van der Waals surface area contributed by atoms with Crippen molar-refractivity contribution in [1.82, 2.24) is 25.2 Å². The third-order valence-electron chi connectivity index (χ3n) is 5.52. The zero-order valence-corrected chi connectivity index (χ0v) is 14.6. The predicted octanol–water partition coefficient (Wildman–Crippen LogP) is 2.22. The van der Waals surface area contributed by atoms with Crippen molar-refractivity contribution in [2.24, 2.45) is 0 Å². The summed E-state index contributed by atoms with van der Waals surface area (Å²) in [6, 6.07) is 11.0. The summed E-state index contributed by atoms with van der Waals surface area (Å²) in [5.41, 5.74) is 1.78. The van der Waals surface area contributed by atoms with Crippen molar-refractivity contribution in [2.45, 2.75) is 44.2 Å². The molecule has 1 N–H and O–H groups in total. The van der Waals surface area contributed by atoms with Gasteiger partial charge in [-0.25, -0.2) is 4.68 Å². The average Bonchev–Trinajstić information content (AvgIpc) is 3.30. The Hall–Kier alpha value is -2.21. The number of amides is 1. The van der Waals surface area contributed by atoms with E-state index in [1.807, 2.05) is 21.8 Å². The summed E-state index contributed by atoms with van der Waals surface area (Å²) in [4.78, 5) is 14.9. The zero-order valence-electron chi connectivity index (χ0n) is 14.6. The van der Waals surface area contributed by atoms with Crippen molar-refractivity contribution in [2.75, 3.05) is 19.6 Å². The molecule has 1 aromatic heterocycles. The lowest BCUT2D eigenvalue weighted by Gasteiger charge is -2.22. The summed E-state index contributed by atoms with van der Waals surface area (Å²) in [5, 5.41) is 11.7. The van der Waals surface area contributed by atoms with Crippen LogP contribution in [0.5, 0.6) is 0 Å². The summed E-state index contributed by atoms with van der Waals surface area (Å²) < 4.78 is 1.88. The van der Waals surface area contributed by atoms with E-state index in [9.17, 15) is 4.79 Å². The number of nitrogens with zero attached hydrogens (tertiary/aromatic N) is 4. The number of benzene rings is 1. The molecule has 2 aromatic rings. The Morgan fingerprint density at radius 3 is 2.72 bits per heavy atom. The summed E-state index contributed by atoms with van der Waals surface area (Å²) in [6.07, 6.45) is 4.90. The van der Waals surface area contributed by atoms with E-state index in [4.69, 9.17) is 0 Å². The van der Waals surface area contributed by atoms with Crippen LogP contribution in [0.4, 0.5) is 0 Å². The maximum Gasteiger partial charge on any atom is 0.276 e. The highest BCUT2D eigenvalue weighted by atomic mass is 16.2. The Bertz CT molecular complexity index is 722. The molecular formula is C19H25N5O. The molecule has 132 valence electrons. The second-order valence-electron chi connectivity index (χ2n) is 7.21. The van der Waals surface area contributed by atoms with Gasteiger partial charge in [-0.3, -0.25) is 4.79 Å². The van der Waals surface area contributed by atoms with Crippen LogP contribution in [0.15, 0.2) is 36.5 Å². The number of nitrogens with one attached hydrogen (secondary N) is 1. The van der Waals surface area contributed by atoms with Gasteiger partial charge >= 0.3 is 0 Å². The highest BCUT2D eigenvalue weighted by Gasteiger charge is 2.34. The lowest BCUT2D eigenvalue weighted by Crippen LogP contribution is -2.34. The van der Waals surface area contributed by atoms with Gasteiger partial charge in [-0.1, -0.05) is 35.5 Å². The Morgan fingerprint density at radius 1 is 1.20 bits per heavy atom. The van der Waals surface area contributed by atoms with Crippen LogP contribution in [0.1, 0.15) is 54.2 Å². The van der Waals surface area contributed by atoms with Crippen LogP contribution in [-0.4, -0.2) is 51.5 Å². The van der Waals surface area contributed by atoms with E-state index in [0.29, 0.717) is 17.7 Å². The normalized spacial score (nSPS) is 24.6. The number of likely N-dealkylation sites (tertiary alicyclic amines) is 1. The number of aromatic nitrogens is 3. The number of piperidine rings is 1. The molecule has 2 saturated heterocycles. The standard InChI is InChI=1S/C19H25N5O/c1-14-11-16(15-5-3-2-4-6-15)12-23(14)19(25)18-13-24(22-21-18)17-7-9-20-10-8-17/h2-6,13-14,16-17,20H,7-12H2,1H3. The van der Waals surface area contributed by atoms with E-state index in [1.165, 1.54) is 5.56 Å². The van der Waals surface area contributed by atoms with Crippen LogP contribution in [0.25, 0.3) is 0 Å². The third kappa shape index (κ3) is 3.31. The van der Waals surface area contributed by atoms with Gasteiger partial charge in [0.05, 0.1) is 12.2 Å². The predicted molar refractivity (Wildman–Crippen MR) is 95.5 cm³/mol. The fourth-order valence-electron chi connectivity index (χ4n) is 4.05. The molecule has 4 rings (SSSR count). The minimum absolute atomic E-state index is 0.00566. The molecule has 1 aromatic carbocycles. The van der Waals surface area contributed by atoms with Crippen LogP contribution in [0.2, 0.25) is 0 Å². The molecule has 0 aliphatic carbocycles. The van der Waals surface area contributed by atoms with E-state index in [0.717, 1.165) is 38.9 Å². The maximum atomic E-state index is 12.9. The van der Waals surface area contributed by atoms with Gasteiger partial charge < -0.3 is 10.2 Å². The lowest BCUT2D eigenvalue weighted by atomic mass is 9.97. The molecular weight excluding hydrogens is 314 g/mol. The minimum atomic E-state index is 0.00566. The van der Waals surface area contributed by atoms with Gasteiger partial charge in [-0.05, 0) is 44.8 Å². The van der Waals surface area contributed by atoms with Gasteiger partial charge in [0.25, 0.3) is 5.91 Å². The number of hydrogen-bond acceptors (Lipinski definition) is 4. The molecule has 2 unspecified atom stereocenters. The molecule has 25 heavy (non-hydrogen) atoms. The summed E-state index contributed by atoms with van der Waals surface area (Å²) >= 11 is 0. The lowest BCUT2D eigenvalue weighted by molar-refractivity contribution is 0.0740. The fraction of sp³-hybridized carbons (Fsp3) is 0.526. The molecule has 2 fully saturated rings. The molecule has 2 aliphatic heterocycles. The van der Waals surface area contributed by atoms with Crippen molar-refractivity contribution in [3.63, 3.8) is 0 Å². The number of hydrogen-bond donors (Lipinski definition) is 1. The van der Waals surface area contributed by atoms with Crippen molar-refractivity contribution >= 4 is 5.91 Å². The molecule has 0 spiro atoms. The summed E-state index contributed by atoms with van der Waals surface area (Å²) in [5.74, 6) is 0.408. The number of carbonyl (C=O) groups excluding carboxylic acids is 1. The molecule has 6 heteroatoms. The second-order valence-corrected chi connectivity index (χ2v) is 7.21. The van der Waals surface area contributed by atoms with Gasteiger partial charge in [0.2, 0.25) is 0 Å². The van der Waals surface area contributed by atoms with Gasteiger partial charge in [-0.15, -0.1) is 5.10 Å². The van der Waals surface area contributed by atoms with E-state index < -0.39 is 0 Å². The van der Waals surface area contributed by atoms with Crippen molar-refractivity contribution in [3.8, 4) is 0 Å². The van der Waals surface area contributed by atoms with E-state index in [2.05, 4.69) is 46.8 Å². The highest BCUT2D eigenvalue weighted by molar-refractivity contribution is 5.92. The van der Waals surface area contributed by atoms with Crippen LogP contribution in [0, 0.1) is 0 Å². The van der Waals surface area contributed by atoms with Crippen molar-refractivity contribution < 1.29 is 4.79 Å². The quantitative estimate of drug-likeness (QED) is 0.931. The highest BCUT2D eigenvalue weighted by Crippen LogP contribution is 2.32. The monoisotopic (exact) mass is 339 g/mol. The smallest absolute Gasteiger partial charge is 0.276 e. The first-order chi connectivity index (χ1) is 12.2. The van der Waals surface area contributed by atoms with Crippen molar-refractivity contribution in [1.29, 1.82) is 0 Å². The first kappa shape index (κ1) is 16.3. The molecule has 0 bridgehead atoms. The minimum Gasteiger partial charge on any atom is -0.334 e. The van der Waals surface area contributed by atoms with E-state index in [-0.39, 0.29) is 11.9 Å². The van der Waals surface area contributed by atoms with Crippen LogP contribution < -0.4 is 5.32 Å². The third-order valence-corrected chi connectivity index (χ3v) is 5.52. The van der Waals surface area contributed by atoms with Gasteiger partial charge in [0, 0.05) is 18.5 Å². The van der Waals surface area contributed by atoms with Crippen LogP contribution >= 0.6 is 0 Å². The first-order valence-electron chi connectivity index (χ1n) is 9.21. The van der Waals surface area contributed by atoms with E-state index >= 15 is 0 Å². The van der Waals surface area contributed by atoms with Gasteiger partial charge in [0.15, 0.2) is 5.69 Å². The second kappa shape index (κ2) is 6.96. The average molecular weight is 339 g/mol. The number of rotatable bonds is 3. The summed E-state index contributed by atoms with van der Waals surface area (Å²) in [7, 11) is 0. The van der Waals surface area contributed by atoms with Gasteiger partial charge in [0.1, 0.15) is 0 Å². The van der Waals surface area contributed by atoms with E-state index in [1.54, 1.807) is 0 Å². The Morgan fingerprint density at radius 2 is 1.96 bits per heavy atom. The zero-order chi connectivity index (χ0) is 17.2. The van der Waals surface area contributed by atoms with Crippen LogP contribution in [-0.2, 0) is 0 Å². The Labute approximate surface area is 148 Å². The maximum absolute atomic E-state index is 12.9. The Balaban J connectivity index is 1.46. The molecule has 0 radical (unpaired) electrons. The summed E-state index contributed by atoms with van der Waals surface area (Å²) in [6.45, 7) is 4.87. The molecule has 0 saturated carbocycles. The molecule has 3 heterocycles. The topological polar surface area (TPSA) is 63.1 Å². The van der Waals surface area contributed by atoms with Crippen LogP contribution in [0.3, 0.4) is 0 Å². The molecule has 1 amide bonds. The van der Waals surface area contributed by atoms with Crippen molar-refractivity contribution in [3.05, 3.63) is 47.8 Å². The first-order valence-corrected chi connectivity index (χ1v) is 9.21. The number of carbonyl (C=O) groups is 1. The SMILES string of the molecule is CC1CC(c2ccccc2)CN1C(=O)c1cn(C2CCNCC2)nn1. The molecule has 2 atom stereocenters.